The van der Waals surface area contributed by atoms with Crippen molar-refractivity contribution in [2.24, 2.45) is 71.0 Å². The summed E-state index contributed by atoms with van der Waals surface area (Å²) in [5.41, 5.74) is -0.711. The van der Waals surface area contributed by atoms with Crippen molar-refractivity contribution in [2.75, 3.05) is 68.0 Å². The fourth-order valence-corrected chi connectivity index (χ4v) is 13.2. The molecule has 0 unspecified atom stereocenters. The molecule has 0 aromatic heterocycles. The van der Waals surface area contributed by atoms with Gasteiger partial charge in [-0.05, 0) is 229 Å². The summed E-state index contributed by atoms with van der Waals surface area (Å²) in [4.78, 5) is 72.2. The monoisotopic (exact) mass is 1160 g/mol. The highest BCUT2D eigenvalue weighted by Gasteiger charge is 2.44. The van der Waals surface area contributed by atoms with Crippen LogP contribution in [0.3, 0.4) is 0 Å². The summed E-state index contributed by atoms with van der Waals surface area (Å²) in [5.74, 6) is 7.54. The third kappa shape index (κ3) is 25.2. The second kappa shape index (κ2) is 31.7. The summed E-state index contributed by atoms with van der Waals surface area (Å²) in [7, 11) is 10.3. The molecule has 0 aromatic carbocycles. The lowest BCUT2D eigenvalue weighted by molar-refractivity contribution is -0.133. The molecule has 0 bridgehead atoms. The van der Waals surface area contributed by atoms with Crippen LogP contribution in [-0.4, -0.2) is 180 Å². The van der Waals surface area contributed by atoms with Crippen molar-refractivity contribution >= 4 is 29.5 Å². The topological polar surface area (TPSA) is 162 Å². The van der Waals surface area contributed by atoms with Crippen molar-refractivity contribution in [3.63, 3.8) is 0 Å². The van der Waals surface area contributed by atoms with Crippen molar-refractivity contribution < 1.29 is 24.0 Å². The molecule has 5 N–H and O–H groups in total. The SMILES string of the molecule is CN1CCCC[C@H]1C(=O)NC(C)(C)C.C[C@@H]1[C@H](C)[C@@H](C)CN(C)[C@@H]1C(=O)NC(C)(C)C.C[C@@H]1[C@H](C)[C@H](C)CN(C)[C@@H]1C(=O)NC(C)(C)C.C[C@H]1[C@H](C)[C@@H](C(=O)NC(C)(C)C)N(C)C[C@H]1C.C[C@H]1[C@H](C)[C@@H](C)CN(C)[C@@H]1C(=O)NC(C)(C)C. The Morgan fingerprint density at radius 2 is 0.488 bits per heavy atom. The van der Waals surface area contributed by atoms with Gasteiger partial charge in [-0.1, -0.05) is 89.5 Å². The zero-order valence-electron chi connectivity index (χ0n) is 59.2. The maximum Gasteiger partial charge on any atom is 0.238 e. The van der Waals surface area contributed by atoms with E-state index in [2.05, 4.69) is 162 Å². The van der Waals surface area contributed by atoms with E-state index >= 15 is 0 Å². The molecule has 15 heteroatoms. The van der Waals surface area contributed by atoms with Gasteiger partial charge in [0.05, 0.1) is 30.2 Å². The molecule has 5 saturated heterocycles. The molecule has 0 spiro atoms. The molecule has 0 radical (unpaired) electrons. The summed E-state index contributed by atoms with van der Waals surface area (Å²) in [6.07, 6.45) is 3.39. The number of hydrogen-bond donors (Lipinski definition) is 5. The van der Waals surface area contributed by atoms with Crippen molar-refractivity contribution in [1.82, 2.24) is 51.1 Å². The van der Waals surface area contributed by atoms with Gasteiger partial charge in [0.1, 0.15) is 0 Å². The first kappa shape index (κ1) is 77.2. The highest BCUT2D eigenvalue weighted by molar-refractivity contribution is 5.84. The van der Waals surface area contributed by atoms with E-state index in [0.717, 1.165) is 39.1 Å². The Morgan fingerprint density at radius 3 is 0.671 bits per heavy atom. The highest BCUT2D eigenvalue weighted by Crippen LogP contribution is 2.35. The van der Waals surface area contributed by atoms with Crippen LogP contribution in [0.15, 0.2) is 0 Å². The normalized spacial score (nSPS) is 33.8. The first-order chi connectivity index (χ1) is 36.9. The third-order valence-corrected chi connectivity index (χ3v) is 18.7. The number of rotatable bonds is 5. The average molecular weight is 1160 g/mol. The van der Waals surface area contributed by atoms with Crippen LogP contribution in [-0.2, 0) is 24.0 Å². The van der Waals surface area contributed by atoms with Gasteiger partial charge in [-0.2, -0.15) is 0 Å². The highest BCUT2D eigenvalue weighted by atomic mass is 16.2. The molecule has 5 fully saturated rings. The zero-order chi connectivity index (χ0) is 64.3. The third-order valence-electron chi connectivity index (χ3n) is 18.7. The Bertz CT molecular complexity index is 1750. The Morgan fingerprint density at radius 1 is 0.293 bits per heavy atom. The molecule has 5 amide bonds. The molecular formula is C67H134N10O5. The van der Waals surface area contributed by atoms with Gasteiger partial charge in [0.25, 0.3) is 0 Å². The van der Waals surface area contributed by atoms with Gasteiger partial charge in [-0.15, -0.1) is 0 Å². The number of amides is 5. The number of piperidine rings is 5. The summed E-state index contributed by atoms with van der Waals surface area (Å²) in [6.45, 7) is 62.5. The number of carbonyl (C=O) groups excluding carboxylic acids is 5. The number of carbonyl (C=O) groups is 5. The minimum absolute atomic E-state index is 0.0143. The number of hydrogen-bond acceptors (Lipinski definition) is 10. The van der Waals surface area contributed by atoms with Crippen molar-refractivity contribution in [3.8, 4) is 0 Å². The van der Waals surface area contributed by atoms with E-state index in [-0.39, 0.29) is 87.4 Å². The first-order valence-electron chi connectivity index (χ1n) is 32.0. The van der Waals surface area contributed by atoms with Gasteiger partial charge in [-0.3, -0.25) is 48.5 Å². The largest absolute Gasteiger partial charge is 0.350 e. The summed E-state index contributed by atoms with van der Waals surface area (Å²) >= 11 is 0. The fraction of sp³-hybridized carbons (Fsp3) is 0.925. The van der Waals surface area contributed by atoms with E-state index in [1.54, 1.807) is 0 Å². The molecule has 15 nitrogen and oxygen atoms in total. The Balaban J connectivity index is 0.000000513. The van der Waals surface area contributed by atoms with Crippen LogP contribution in [0.2, 0.25) is 0 Å². The summed E-state index contributed by atoms with van der Waals surface area (Å²) < 4.78 is 0. The molecule has 0 aromatic rings. The van der Waals surface area contributed by atoms with Crippen LogP contribution in [0.5, 0.6) is 0 Å². The van der Waals surface area contributed by atoms with Crippen molar-refractivity contribution in [1.29, 1.82) is 0 Å². The Kier molecular flexibility index (Phi) is 29.8. The quantitative estimate of drug-likeness (QED) is 0.179. The molecule has 5 aliphatic heterocycles. The molecule has 5 rings (SSSR count). The van der Waals surface area contributed by atoms with Gasteiger partial charge in [0.2, 0.25) is 29.5 Å². The van der Waals surface area contributed by atoms with Crippen molar-refractivity contribution in [2.45, 2.75) is 264 Å². The van der Waals surface area contributed by atoms with Gasteiger partial charge in [0.15, 0.2) is 0 Å². The van der Waals surface area contributed by atoms with Gasteiger partial charge in [0, 0.05) is 53.9 Å². The van der Waals surface area contributed by atoms with Gasteiger partial charge >= 0.3 is 0 Å². The van der Waals surface area contributed by atoms with Gasteiger partial charge < -0.3 is 26.6 Å². The van der Waals surface area contributed by atoms with E-state index in [1.807, 2.05) is 111 Å². The van der Waals surface area contributed by atoms with Crippen LogP contribution in [0, 0.1) is 71.0 Å². The Hall–Kier alpha value is -2.85. The van der Waals surface area contributed by atoms with E-state index < -0.39 is 0 Å². The van der Waals surface area contributed by atoms with E-state index in [4.69, 9.17) is 0 Å². The molecule has 82 heavy (non-hydrogen) atoms. The summed E-state index contributed by atoms with van der Waals surface area (Å²) in [5, 5.41) is 15.5. The maximum absolute atomic E-state index is 12.3. The smallest absolute Gasteiger partial charge is 0.238 e. The van der Waals surface area contributed by atoms with Crippen LogP contribution in [0.4, 0.5) is 0 Å². The molecule has 17 atom stereocenters. The van der Waals surface area contributed by atoms with Crippen LogP contribution in [0.25, 0.3) is 0 Å². The number of nitrogens with one attached hydrogen (secondary N) is 5. The molecule has 482 valence electrons. The number of likely N-dealkylation sites (tertiary alicyclic amines) is 5. The fourth-order valence-electron chi connectivity index (χ4n) is 13.2. The second-order valence-corrected chi connectivity index (χ2v) is 32.5. The van der Waals surface area contributed by atoms with Crippen molar-refractivity contribution in [3.05, 3.63) is 0 Å². The second-order valence-electron chi connectivity index (χ2n) is 32.5. The van der Waals surface area contributed by atoms with Crippen LogP contribution in [0.1, 0.15) is 206 Å². The predicted molar refractivity (Wildman–Crippen MR) is 345 cm³/mol. The minimum atomic E-state index is -0.149. The molecular weight excluding hydrogens is 1020 g/mol. The number of nitrogens with zero attached hydrogens (tertiary/aromatic N) is 5. The molecule has 0 aliphatic carbocycles. The zero-order valence-corrected chi connectivity index (χ0v) is 59.2. The van der Waals surface area contributed by atoms with Gasteiger partial charge in [-0.25, -0.2) is 0 Å². The predicted octanol–water partition coefficient (Wildman–Crippen LogP) is 9.88. The molecule has 0 saturated carbocycles. The minimum Gasteiger partial charge on any atom is -0.350 e. The lowest BCUT2D eigenvalue weighted by Crippen LogP contribution is -2.58. The summed E-state index contributed by atoms with van der Waals surface area (Å²) in [6, 6.07) is 0.143. The first-order valence-corrected chi connectivity index (χ1v) is 32.0. The maximum atomic E-state index is 12.3. The Labute approximate surface area is 505 Å². The van der Waals surface area contributed by atoms with E-state index in [0.29, 0.717) is 71.0 Å². The lowest BCUT2D eigenvalue weighted by Gasteiger charge is -2.44. The van der Waals surface area contributed by atoms with Crippen LogP contribution >= 0.6 is 0 Å². The van der Waals surface area contributed by atoms with E-state index in [9.17, 15) is 24.0 Å². The average Bonchev–Trinajstić information content (AvgIpc) is 3.26. The van der Waals surface area contributed by atoms with Crippen LogP contribution < -0.4 is 26.6 Å². The molecule has 5 heterocycles. The molecule has 5 aliphatic rings. The number of likely N-dealkylation sites (N-methyl/N-ethyl adjacent to an activating group) is 5. The standard InChI is InChI=1S/4C14H28N2O.C11H22N2O/c4*1-9-8-16(7)12(11(3)10(9)2)13(17)15-14(4,5)6;1-11(2,3)12-10(14)9-7-5-6-8-13(9)4/h4*9-12H,8H2,1-7H3,(H,15,17);9H,5-8H2,1-4H3,(H,12,14)/t9-,10+,11+,12-;9-,10+,11-,12-;9-,10-,11+,12+;9-,10-,11-,12+;9-/m00110/s1. The lowest BCUT2D eigenvalue weighted by atomic mass is 9.76. The van der Waals surface area contributed by atoms with E-state index in [1.165, 1.54) is 12.8 Å².